The van der Waals surface area contributed by atoms with Gasteiger partial charge in [0, 0.05) is 19.3 Å². The molecule has 1 amide bonds. The zero-order valence-corrected chi connectivity index (χ0v) is 18.2. The predicted molar refractivity (Wildman–Crippen MR) is 121 cm³/mol. The average Bonchev–Trinajstić information content (AvgIpc) is 2.81. The van der Waals surface area contributed by atoms with Crippen molar-refractivity contribution in [3.05, 3.63) is 75.2 Å². The fourth-order valence-corrected chi connectivity index (χ4v) is 3.86. The molecule has 1 fully saturated rings. The summed E-state index contributed by atoms with van der Waals surface area (Å²) in [5, 5.41) is 9.71. The first-order valence-corrected chi connectivity index (χ1v) is 10.7. The summed E-state index contributed by atoms with van der Waals surface area (Å²) >= 11 is 0. The molecule has 0 atom stereocenters. The van der Waals surface area contributed by atoms with Gasteiger partial charge in [-0.15, -0.1) is 0 Å². The molecular formula is C25H24N4O3. The van der Waals surface area contributed by atoms with E-state index < -0.39 is 5.56 Å². The van der Waals surface area contributed by atoms with E-state index in [1.165, 1.54) is 10.5 Å². The third kappa shape index (κ3) is 4.26. The number of pyridine rings is 1. The van der Waals surface area contributed by atoms with E-state index in [9.17, 15) is 14.9 Å². The van der Waals surface area contributed by atoms with Crippen LogP contribution in [0.2, 0.25) is 0 Å². The zero-order chi connectivity index (χ0) is 22.7. The van der Waals surface area contributed by atoms with Crippen LogP contribution in [0, 0.1) is 25.2 Å². The number of amides is 1. The summed E-state index contributed by atoms with van der Waals surface area (Å²) < 4.78 is 7.43. The fraction of sp³-hybridized carbons (Fsp3) is 0.280. The van der Waals surface area contributed by atoms with E-state index in [0.717, 1.165) is 30.4 Å². The number of aryl methyl sites for hydroxylation is 2. The van der Waals surface area contributed by atoms with Crippen molar-refractivity contribution in [3.8, 4) is 17.7 Å². The van der Waals surface area contributed by atoms with Crippen molar-refractivity contribution in [1.29, 1.82) is 5.26 Å². The maximum absolute atomic E-state index is 13.3. The van der Waals surface area contributed by atoms with E-state index in [4.69, 9.17) is 4.74 Å². The molecule has 0 bridgehead atoms. The summed E-state index contributed by atoms with van der Waals surface area (Å²) in [7, 11) is 0. The van der Waals surface area contributed by atoms with Crippen molar-refractivity contribution >= 4 is 17.6 Å². The number of carbonyl (C=O) groups is 1. The second-order valence-electron chi connectivity index (χ2n) is 7.96. The Morgan fingerprint density at radius 1 is 1.16 bits per heavy atom. The maximum Gasteiger partial charge on any atom is 0.269 e. The SMILES string of the molecule is Cc1ccc(Oc2nc3ccccn3c(=O)c2/C=C(\C#N)C(=O)N2CCCCC2)c(C)c1. The summed E-state index contributed by atoms with van der Waals surface area (Å²) in [6.07, 6.45) is 5.79. The lowest BCUT2D eigenvalue weighted by atomic mass is 10.1. The molecule has 1 saturated heterocycles. The minimum atomic E-state index is -0.408. The standard InChI is InChI=1S/C25H24N4O3/c1-17-9-10-21(18(2)14-17)32-23-20(25(31)29-13-7-4-8-22(29)27-23)15-19(16-26)24(30)28-11-5-3-6-12-28/h4,7-10,13-15H,3,5-6,11-12H2,1-2H3/b19-15+. The number of fused-ring (bicyclic) bond motifs is 1. The van der Waals surface area contributed by atoms with Gasteiger partial charge in [-0.2, -0.15) is 10.2 Å². The molecule has 0 unspecified atom stereocenters. The number of rotatable bonds is 4. The zero-order valence-electron chi connectivity index (χ0n) is 18.2. The summed E-state index contributed by atoms with van der Waals surface area (Å²) in [4.78, 5) is 32.4. The first kappa shape index (κ1) is 21.3. The smallest absolute Gasteiger partial charge is 0.269 e. The number of hydrogen-bond donors (Lipinski definition) is 0. The van der Waals surface area contributed by atoms with Crippen LogP contribution >= 0.6 is 0 Å². The van der Waals surface area contributed by atoms with Crippen LogP contribution < -0.4 is 10.3 Å². The molecule has 7 heteroatoms. The highest BCUT2D eigenvalue weighted by molar-refractivity contribution is 6.02. The van der Waals surface area contributed by atoms with Crippen molar-refractivity contribution in [3.63, 3.8) is 0 Å². The van der Waals surface area contributed by atoms with Gasteiger partial charge in [-0.25, -0.2) is 0 Å². The first-order chi connectivity index (χ1) is 15.5. The molecule has 3 heterocycles. The molecule has 7 nitrogen and oxygen atoms in total. The Morgan fingerprint density at radius 3 is 2.66 bits per heavy atom. The molecule has 0 aliphatic carbocycles. The third-order valence-corrected chi connectivity index (χ3v) is 5.55. The Balaban J connectivity index is 1.84. The maximum atomic E-state index is 13.3. The molecule has 1 aromatic carbocycles. The van der Waals surface area contributed by atoms with Gasteiger partial charge < -0.3 is 9.64 Å². The molecule has 2 aromatic heterocycles. The number of nitriles is 1. The number of piperidine rings is 1. The molecule has 32 heavy (non-hydrogen) atoms. The summed E-state index contributed by atoms with van der Waals surface area (Å²) in [6.45, 7) is 5.11. The Hall–Kier alpha value is -3.92. The topological polar surface area (TPSA) is 87.7 Å². The van der Waals surface area contributed by atoms with Gasteiger partial charge in [-0.1, -0.05) is 23.8 Å². The van der Waals surface area contributed by atoms with E-state index in [2.05, 4.69) is 4.98 Å². The quantitative estimate of drug-likeness (QED) is 0.463. The number of ether oxygens (including phenoxy) is 1. The van der Waals surface area contributed by atoms with Crippen molar-refractivity contribution in [2.24, 2.45) is 0 Å². The lowest BCUT2D eigenvalue weighted by Gasteiger charge is -2.26. The van der Waals surface area contributed by atoms with Crippen LogP contribution in [0.5, 0.6) is 11.6 Å². The molecule has 3 aromatic rings. The fourth-order valence-electron chi connectivity index (χ4n) is 3.86. The highest BCUT2D eigenvalue weighted by Gasteiger charge is 2.22. The van der Waals surface area contributed by atoms with Gasteiger partial charge in [0.1, 0.15) is 28.6 Å². The largest absolute Gasteiger partial charge is 0.438 e. The molecule has 0 radical (unpaired) electrons. The first-order valence-electron chi connectivity index (χ1n) is 10.7. The van der Waals surface area contributed by atoms with Crippen LogP contribution in [0.4, 0.5) is 0 Å². The lowest BCUT2D eigenvalue weighted by molar-refractivity contribution is -0.127. The Labute approximate surface area is 186 Å². The second-order valence-corrected chi connectivity index (χ2v) is 7.96. The van der Waals surface area contributed by atoms with Gasteiger partial charge in [0.25, 0.3) is 11.5 Å². The van der Waals surface area contributed by atoms with Crippen molar-refractivity contribution in [2.45, 2.75) is 33.1 Å². The minimum absolute atomic E-state index is 0.0624. The lowest BCUT2D eigenvalue weighted by Crippen LogP contribution is -2.36. The van der Waals surface area contributed by atoms with E-state index in [0.29, 0.717) is 24.5 Å². The Kier molecular flexibility index (Phi) is 6.04. The van der Waals surface area contributed by atoms with Gasteiger partial charge in [0.15, 0.2) is 0 Å². The number of hydrogen-bond acceptors (Lipinski definition) is 5. The van der Waals surface area contributed by atoms with Crippen LogP contribution in [-0.2, 0) is 4.79 Å². The normalized spacial score (nSPS) is 14.3. The van der Waals surface area contributed by atoms with Crippen LogP contribution in [-0.4, -0.2) is 33.3 Å². The summed E-state index contributed by atoms with van der Waals surface area (Å²) in [6, 6.07) is 12.9. The molecule has 1 aliphatic heterocycles. The van der Waals surface area contributed by atoms with Crippen LogP contribution in [0.15, 0.2) is 53.0 Å². The van der Waals surface area contributed by atoms with Gasteiger partial charge in [-0.05, 0) is 62.9 Å². The Morgan fingerprint density at radius 2 is 1.94 bits per heavy atom. The van der Waals surface area contributed by atoms with Crippen LogP contribution in [0.25, 0.3) is 11.7 Å². The molecule has 4 rings (SSSR count). The van der Waals surface area contributed by atoms with Crippen molar-refractivity contribution in [2.75, 3.05) is 13.1 Å². The van der Waals surface area contributed by atoms with E-state index >= 15 is 0 Å². The molecular weight excluding hydrogens is 404 g/mol. The minimum Gasteiger partial charge on any atom is -0.438 e. The summed E-state index contributed by atoms with van der Waals surface area (Å²) in [5.41, 5.74) is 1.94. The molecule has 0 saturated carbocycles. The third-order valence-electron chi connectivity index (χ3n) is 5.55. The van der Waals surface area contributed by atoms with E-state index in [-0.39, 0.29) is 22.9 Å². The van der Waals surface area contributed by atoms with Crippen molar-refractivity contribution < 1.29 is 9.53 Å². The summed E-state index contributed by atoms with van der Waals surface area (Å²) in [5.74, 6) is 0.243. The number of benzene rings is 1. The second kappa shape index (κ2) is 9.06. The average molecular weight is 428 g/mol. The molecule has 0 N–H and O–H groups in total. The van der Waals surface area contributed by atoms with Crippen molar-refractivity contribution in [1.82, 2.24) is 14.3 Å². The van der Waals surface area contributed by atoms with Gasteiger partial charge in [0.05, 0.1) is 0 Å². The van der Waals surface area contributed by atoms with E-state index in [1.807, 2.05) is 38.1 Å². The van der Waals surface area contributed by atoms with Gasteiger partial charge in [-0.3, -0.25) is 14.0 Å². The highest BCUT2D eigenvalue weighted by atomic mass is 16.5. The monoisotopic (exact) mass is 428 g/mol. The van der Waals surface area contributed by atoms with E-state index in [1.54, 1.807) is 29.3 Å². The number of likely N-dealkylation sites (tertiary alicyclic amines) is 1. The van der Waals surface area contributed by atoms with Crippen LogP contribution in [0.3, 0.4) is 0 Å². The molecule has 162 valence electrons. The molecule has 0 spiro atoms. The van der Waals surface area contributed by atoms with Crippen LogP contribution in [0.1, 0.15) is 36.0 Å². The number of aromatic nitrogens is 2. The van der Waals surface area contributed by atoms with Gasteiger partial charge >= 0.3 is 0 Å². The predicted octanol–water partition coefficient (Wildman–Crippen LogP) is 4.02. The number of nitrogens with zero attached hydrogens (tertiary/aromatic N) is 4. The Bertz CT molecular complexity index is 1310. The highest BCUT2D eigenvalue weighted by Crippen LogP contribution is 2.27. The number of carbonyl (C=O) groups excluding carboxylic acids is 1. The van der Waals surface area contributed by atoms with Gasteiger partial charge in [0.2, 0.25) is 5.88 Å². The molecule has 1 aliphatic rings.